The van der Waals surface area contributed by atoms with E-state index in [1.807, 2.05) is 11.8 Å². The molecule has 0 heterocycles. The van der Waals surface area contributed by atoms with Crippen LogP contribution in [0, 0.1) is 12.8 Å². The lowest BCUT2D eigenvalue weighted by atomic mass is 10.1. The Hall–Kier alpha value is -0.870. The molecule has 4 heteroatoms. The van der Waals surface area contributed by atoms with Crippen molar-refractivity contribution in [3.63, 3.8) is 0 Å². The van der Waals surface area contributed by atoms with Crippen molar-refractivity contribution >= 4 is 21.9 Å². The molecule has 0 spiro atoms. The average molecular weight is 314 g/mol. The van der Waals surface area contributed by atoms with Gasteiger partial charge in [-0.25, -0.2) is 0 Å². The van der Waals surface area contributed by atoms with Gasteiger partial charge in [0.15, 0.2) is 0 Å². The van der Waals surface area contributed by atoms with Gasteiger partial charge in [0.25, 0.3) is 0 Å². The van der Waals surface area contributed by atoms with Crippen LogP contribution in [0.2, 0.25) is 0 Å². The standard InChI is InChI=1S/C14H20BrNO2/c1-10(2)7-16(9-14(17)18)8-12-5-4-11(3)6-13(12)15/h4-6,10H,7-9H2,1-3H3,(H,17,18). The summed E-state index contributed by atoms with van der Waals surface area (Å²) in [5, 5.41) is 8.93. The maximum absolute atomic E-state index is 10.9. The molecule has 0 radical (unpaired) electrons. The summed E-state index contributed by atoms with van der Waals surface area (Å²) in [7, 11) is 0. The SMILES string of the molecule is Cc1ccc(CN(CC(=O)O)CC(C)C)c(Br)c1. The summed E-state index contributed by atoms with van der Waals surface area (Å²) in [4.78, 5) is 12.8. The van der Waals surface area contributed by atoms with E-state index in [-0.39, 0.29) is 6.54 Å². The number of benzene rings is 1. The fraction of sp³-hybridized carbons (Fsp3) is 0.500. The Labute approximate surface area is 117 Å². The molecule has 0 unspecified atom stereocenters. The molecule has 1 N–H and O–H groups in total. The van der Waals surface area contributed by atoms with Crippen molar-refractivity contribution in [1.29, 1.82) is 0 Å². The number of carboxylic acids is 1. The molecule has 0 aliphatic rings. The molecule has 0 aliphatic carbocycles. The van der Waals surface area contributed by atoms with Gasteiger partial charge < -0.3 is 5.11 Å². The zero-order chi connectivity index (χ0) is 13.7. The first kappa shape index (κ1) is 15.2. The molecule has 3 nitrogen and oxygen atoms in total. The molecule has 0 aromatic heterocycles. The predicted molar refractivity (Wildman–Crippen MR) is 76.6 cm³/mol. The lowest BCUT2D eigenvalue weighted by Crippen LogP contribution is -2.32. The lowest BCUT2D eigenvalue weighted by Gasteiger charge is -2.23. The molecule has 1 rings (SSSR count). The Kier molecular flexibility index (Phi) is 5.82. The van der Waals surface area contributed by atoms with E-state index < -0.39 is 5.97 Å². The van der Waals surface area contributed by atoms with E-state index in [4.69, 9.17) is 5.11 Å². The fourth-order valence-corrected chi connectivity index (χ4v) is 2.53. The van der Waals surface area contributed by atoms with E-state index in [2.05, 4.69) is 48.0 Å². The van der Waals surface area contributed by atoms with E-state index in [0.717, 1.165) is 16.6 Å². The van der Waals surface area contributed by atoms with Crippen molar-refractivity contribution in [2.45, 2.75) is 27.3 Å². The molecule has 1 aromatic rings. The number of aliphatic carboxylic acids is 1. The van der Waals surface area contributed by atoms with E-state index in [9.17, 15) is 4.79 Å². The van der Waals surface area contributed by atoms with Crippen LogP contribution in [0.25, 0.3) is 0 Å². The summed E-state index contributed by atoms with van der Waals surface area (Å²) in [5.41, 5.74) is 2.32. The highest BCUT2D eigenvalue weighted by Gasteiger charge is 2.13. The number of halogens is 1. The van der Waals surface area contributed by atoms with Gasteiger partial charge >= 0.3 is 5.97 Å². The molecule has 0 amide bonds. The highest BCUT2D eigenvalue weighted by atomic mass is 79.9. The second-order valence-electron chi connectivity index (χ2n) is 5.05. The minimum absolute atomic E-state index is 0.0818. The molecular formula is C14H20BrNO2. The van der Waals surface area contributed by atoms with E-state index in [0.29, 0.717) is 12.5 Å². The van der Waals surface area contributed by atoms with Crippen molar-refractivity contribution in [3.05, 3.63) is 33.8 Å². The molecular weight excluding hydrogens is 294 g/mol. The summed E-state index contributed by atoms with van der Waals surface area (Å²) >= 11 is 3.53. The molecule has 18 heavy (non-hydrogen) atoms. The Morgan fingerprint density at radius 3 is 2.61 bits per heavy atom. The number of carboxylic acid groups (broad SMARTS) is 1. The predicted octanol–water partition coefficient (Wildman–Crippen LogP) is 3.30. The Balaban J connectivity index is 2.78. The second-order valence-corrected chi connectivity index (χ2v) is 5.91. The van der Waals surface area contributed by atoms with E-state index >= 15 is 0 Å². The summed E-state index contributed by atoms with van der Waals surface area (Å²) in [6, 6.07) is 6.16. The zero-order valence-electron chi connectivity index (χ0n) is 11.1. The second kappa shape index (κ2) is 6.90. The van der Waals surface area contributed by atoms with Gasteiger partial charge in [-0.3, -0.25) is 9.69 Å². The average Bonchev–Trinajstić information content (AvgIpc) is 2.20. The highest BCUT2D eigenvalue weighted by Crippen LogP contribution is 2.20. The Morgan fingerprint density at radius 2 is 2.11 bits per heavy atom. The van der Waals surface area contributed by atoms with Crippen LogP contribution >= 0.6 is 15.9 Å². The molecule has 1 aromatic carbocycles. The van der Waals surface area contributed by atoms with Gasteiger partial charge in [0.05, 0.1) is 6.54 Å². The van der Waals surface area contributed by atoms with Gasteiger partial charge in [-0.1, -0.05) is 41.9 Å². The van der Waals surface area contributed by atoms with E-state index in [1.165, 1.54) is 5.56 Å². The molecule has 0 aliphatic heterocycles. The molecule has 100 valence electrons. The number of hydrogen-bond donors (Lipinski definition) is 1. The zero-order valence-corrected chi connectivity index (χ0v) is 12.7. The normalized spacial score (nSPS) is 11.2. The topological polar surface area (TPSA) is 40.5 Å². The highest BCUT2D eigenvalue weighted by molar-refractivity contribution is 9.10. The lowest BCUT2D eigenvalue weighted by molar-refractivity contribution is -0.138. The van der Waals surface area contributed by atoms with Gasteiger partial charge in [0.1, 0.15) is 0 Å². The van der Waals surface area contributed by atoms with Gasteiger partial charge in [0, 0.05) is 17.6 Å². The largest absolute Gasteiger partial charge is 0.480 e. The van der Waals surface area contributed by atoms with Gasteiger partial charge in [0.2, 0.25) is 0 Å². The maximum atomic E-state index is 10.9. The first-order valence-electron chi connectivity index (χ1n) is 6.07. The third kappa shape index (κ3) is 5.19. The molecule has 0 bridgehead atoms. The quantitative estimate of drug-likeness (QED) is 0.876. The van der Waals surface area contributed by atoms with Crippen LogP contribution in [-0.2, 0) is 11.3 Å². The molecule has 0 fully saturated rings. The molecule has 0 saturated heterocycles. The van der Waals surface area contributed by atoms with Crippen LogP contribution < -0.4 is 0 Å². The number of nitrogens with zero attached hydrogens (tertiary/aromatic N) is 1. The summed E-state index contributed by atoms with van der Waals surface area (Å²) < 4.78 is 1.04. The third-order valence-electron chi connectivity index (χ3n) is 2.58. The number of carbonyl (C=O) groups is 1. The maximum Gasteiger partial charge on any atom is 0.317 e. The van der Waals surface area contributed by atoms with Crippen molar-refractivity contribution < 1.29 is 9.90 Å². The number of aryl methyl sites for hydroxylation is 1. The number of rotatable bonds is 6. The summed E-state index contributed by atoms with van der Waals surface area (Å²) in [5.74, 6) is -0.326. The van der Waals surface area contributed by atoms with Crippen LogP contribution in [-0.4, -0.2) is 29.1 Å². The Morgan fingerprint density at radius 1 is 1.44 bits per heavy atom. The van der Waals surface area contributed by atoms with Crippen LogP contribution in [0.3, 0.4) is 0 Å². The number of hydrogen-bond acceptors (Lipinski definition) is 2. The first-order chi connectivity index (χ1) is 8.38. The Bertz CT molecular complexity index is 418. The molecule has 0 atom stereocenters. The fourth-order valence-electron chi connectivity index (χ4n) is 1.91. The van der Waals surface area contributed by atoms with Gasteiger partial charge in [-0.2, -0.15) is 0 Å². The van der Waals surface area contributed by atoms with Crippen LogP contribution in [0.1, 0.15) is 25.0 Å². The van der Waals surface area contributed by atoms with Crippen LogP contribution in [0.15, 0.2) is 22.7 Å². The van der Waals surface area contributed by atoms with Crippen molar-refractivity contribution in [2.75, 3.05) is 13.1 Å². The smallest absolute Gasteiger partial charge is 0.317 e. The monoisotopic (exact) mass is 313 g/mol. The first-order valence-corrected chi connectivity index (χ1v) is 6.87. The summed E-state index contributed by atoms with van der Waals surface area (Å²) in [6.07, 6.45) is 0. The van der Waals surface area contributed by atoms with E-state index in [1.54, 1.807) is 0 Å². The van der Waals surface area contributed by atoms with Crippen molar-refractivity contribution in [3.8, 4) is 0 Å². The minimum atomic E-state index is -0.779. The van der Waals surface area contributed by atoms with Crippen LogP contribution in [0.5, 0.6) is 0 Å². The van der Waals surface area contributed by atoms with Crippen LogP contribution in [0.4, 0.5) is 0 Å². The van der Waals surface area contributed by atoms with Gasteiger partial charge in [-0.05, 0) is 30.0 Å². The van der Waals surface area contributed by atoms with Gasteiger partial charge in [-0.15, -0.1) is 0 Å². The third-order valence-corrected chi connectivity index (χ3v) is 3.32. The van der Waals surface area contributed by atoms with Crippen molar-refractivity contribution in [2.24, 2.45) is 5.92 Å². The summed E-state index contributed by atoms with van der Waals surface area (Å²) in [6.45, 7) is 7.76. The van der Waals surface area contributed by atoms with Crippen molar-refractivity contribution in [1.82, 2.24) is 4.90 Å². The molecule has 0 saturated carbocycles. The minimum Gasteiger partial charge on any atom is -0.480 e.